The molecule has 2 unspecified atom stereocenters. The Morgan fingerprint density at radius 1 is 1.18 bits per heavy atom. The molecule has 0 aliphatic carbocycles. The molecule has 34 heavy (non-hydrogen) atoms. The Balaban J connectivity index is 1.51. The Hall–Kier alpha value is -3.78. The molecule has 1 aliphatic rings. The highest BCUT2D eigenvalue weighted by molar-refractivity contribution is 5.69. The fourth-order valence-corrected chi connectivity index (χ4v) is 4.69. The molecular formula is C29H28FNO3. The van der Waals surface area contributed by atoms with Gasteiger partial charge in [-0.05, 0) is 72.4 Å². The van der Waals surface area contributed by atoms with Gasteiger partial charge in [0.1, 0.15) is 11.6 Å². The van der Waals surface area contributed by atoms with Gasteiger partial charge in [-0.1, -0.05) is 30.3 Å². The van der Waals surface area contributed by atoms with Crippen molar-refractivity contribution in [2.75, 3.05) is 18.6 Å². The molecule has 0 saturated carbocycles. The number of carboxylic acid groups (broad SMARTS) is 1. The number of methoxy groups -OCH3 is 1. The van der Waals surface area contributed by atoms with Crippen LogP contribution in [0.5, 0.6) is 5.75 Å². The van der Waals surface area contributed by atoms with E-state index in [0.717, 1.165) is 34.4 Å². The first-order chi connectivity index (χ1) is 16.4. The topological polar surface area (TPSA) is 49.8 Å². The number of aryl methyl sites for hydroxylation is 1. The number of aliphatic carboxylic acids is 1. The summed E-state index contributed by atoms with van der Waals surface area (Å²) < 4.78 is 19.6. The van der Waals surface area contributed by atoms with Crippen LogP contribution in [0.3, 0.4) is 0 Å². The second kappa shape index (κ2) is 10.0. The molecule has 4 rings (SSSR count). The standard InChI is InChI=1S/C29H28FNO3/c1-4-20-15-25(16-29(32)33)31(18-20)24-9-5-21(6-10-24)14-22-7-8-23(13-19(22)2)27-17-26(34-3)11-12-28(27)30/h1,5-13,17,20,25H,14-16,18H2,2-3H3,(H,32,33). The van der Waals surface area contributed by atoms with Crippen LogP contribution in [0.2, 0.25) is 0 Å². The zero-order valence-electron chi connectivity index (χ0n) is 19.4. The third-order valence-electron chi connectivity index (χ3n) is 6.55. The van der Waals surface area contributed by atoms with Gasteiger partial charge < -0.3 is 14.7 Å². The van der Waals surface area contributed by atoms with Gasteiger partial charge in [0, 0.05) is 29.8 Å². The van der Waals surface area contributed by atoms with Crippen molar-refractivity contribution in [2.45, 2.75) is 32.2 Å². The van der Waals surface area contributed by atoms with Gasteiger partial charge in [0.15, 0.2) is 0 Å². The van der Waals surface area contributed by atoms with Crippen molar-refractivity contribution in [3.8, 4) is 29.2 Å². The van der Waals surface area contributed by atoms with E-state index in [2.05, 4.69) is 23.0 Å². The largest absolute Gasteiger partial charge is 0.497 e. The Morgan fingerprint density at radius 2 is 1.94 bits per heavy atom. The smallest absolute Gasteiger partial charge is 0.305 e. The molecule has 1 heterocycles. The molecule has 5 heteroatoms. The summed E-state index contributed by atoms with van der Waals surface area (Å²) in [6, 6.07) is 18.9. The summed E-state index contributed by atoms with van der Waals surface area (Å²) in [5.41, 5.74) is 5.72. The minimum absolute atomic E-state index is 0.0691. The maximum atomic E-state index is 14.4. The quantitative estimate of drug-likeness (QED) is 0.462. The predicted octanol–water partition coefficient (Wildman–Crippen LogP) is 5.70. The number of carboxylic acids is 1. The second-order valence-corrected chi connectivity index (χ2v) is 8.83. The molecule has 4 nitrogen and oxygen atoms in total. The van der Waals surface area contributed by atoms with Gasteiger partial charge in [-0.25, -0.2) is 4.39 Å². The first kappa shape index (κ1) is 23.4. The van der Waals surface area contributed by atoms with Crippen molar-refractivity contribution < 1.29 is 19.0 Å². The third-order valence-corrected chi connectivity index (χ3v) is 6.55. The molecule has 1 N–H and O–H groups in total. The molecule has 0 aromatic heterocycles. The first-order valence-electron chi connectivity index (χ1n) is 11.3. The average molecular weight is 458 g/mol. The van der Waals surface area contributed by atoms with Gasteiger partial charge in [-0.15, -0.1) is 12.3 Å². The second-order valence-electron chi connectivity index (χ2n) is 8.83. The van der Waals surface area contributed by atoms with Crippen molar-refractivity contribution >= 4 is 11.7 Å². The molecule has 1 aliphatic heterocycles. The number of rotatable bonds is 7. The molecule has 3 aromatic rings. The van der Waals surface area contributed by atoms with Crippen LogP contribution < -0.4 is 9.64 Å². The number of terminal acetylenes is 1. The third kappa shape index (κ3) is 5.07. The molecule has 174 valence electrons. The summed E-state index contributed by atoms with van der Waals surface area (Å²) >= 11 is 0. The molecule has 1 fully saturated rings. The molecular weight excluding hydrogens is 429 g/mol. The van der Waals surface area contributed by atoms with E-state index < -0.39 is 5.97 Å². The maximum absolute atomic E-state index is 14.4. The monoisotopic (exact) mass is 457 g/mol. The number of carbonyl (C=O) groups is 1. The zero-order chi connectivity index (χ0) is 24.2. The van der Waals surface area contributed by atoms with E-state index in [1.165, 1.54) is 6.07 Å². The molecule has 0 spiro atoms. The lowest BCUT2D eigenvalue weighted by Crippen LogP contribution is -2.31. The van der Waals surface area contributed by atoms with Crippen LogP contribution in [-0.2, 0) is 11.2 Å². The molecule has 1 saturated heterocycles. The van der Waals surface area contributed by atoms with Crippen LogP contribution in [0.15, 0.2) is 60.7 Å². The maximum Gasteiger partial charge on any atom is 0.305 e. The summed E-state index contributed by atoms with van der Waals surface area (Å²) in [6.45, 7) is 2.71. The average Bonchev–Trinajstić information content (AvgIpc) is 3.23. The Bertz CT molecular complexity index is 1230. The van der Waals surface area contributed by atoms with E-state index in [-0.39, 0.29) is 24.2 Å². The van der Waals surface area contributed by atoms with Gasteiger partial charge in [0.2, 0.25) is 0 Å². The molecule has 3 aromatic carbocycles. The number of benzene rings is 3. The highest BCUT2D eigenvalue weighted by Gasteiger charge is 2.32. The van der Waals surface area contributed by atoms with Gasteiger partial charge in [-0.2, -0.15) is 0 Å². The van der Waals surface area contributed by atoms with Crippen LogP contribution in [0.4, 0.5) is 10.1 Å². The lowest BCUT2D eigenvalue weighted by Gasteiger charge is -2.25. The number of hydrogen-bond donors (Lipinski definition) is 1. The van der Waals surface area contributed by atoms with Gasteiger partial charge in [0.05, 0.1) is 13.5 Å². The molecule has 2 atom stereocenters. The molecule has 0 amide bonds. The number of halogens is 1. The van der Waals surface area contributed by atoms with Crippen LogP contribution in [0, 0.1) is 31.0 Å². The van der Waals surface area contributed by atoms with E-state index in [0.29, 0.717) is 24.3 Å². The summed E-state index contributed by atoms with van der Waals surface area (Å²) in [4.78, 5) is 13.4. The minimum atomic E-state index is -0.808. The van der Waals surface area contributed by atoms with Crippen molar-refractivity contribution in [1.82, 2.24) is 0 Å². The Kier molecular flexibility index (Phi) is 6.88. The molecule has 0 bridgehead atoms. The van der Waals surface area contributed by atoms with E-state index in [1.54, 1.807) is 19.2 Å². The van der Waals surface area contributed by atoms with Crippen molar-refractivity contribution in [1.29, 1.82) is 0 Å². The number of ether oxygens (including phenoxy) is 1. The van der Waals surface area contributed by atoms with Gasteiger partial charge >= 0.3 is 5.97 Å². The normalized spacial score (nSPS) is 17.4. The Morgan fingerprint density at radius 3 is 2.59 bits per heavy atom. The summed E-state index contributed by atoms with van der Waals surface area (Å²) in [5, 5.41) is 9.26. The van der Waals surface area contributed by atoms with Gasteiger partial charge in [-0.3, -0.25) is 4.79 Å². The Labute approximate surface area is 200 Å². The molecule has 0 radical (unpaired) electrons. The van der Waals surface area contributed by atoms with Crippen LogP contribution in [-0.4, -0.2) is 30.8 Å². The number of anilines is 1. The van der Waals surface area contributed by atoms with Crippen LogP contribution >= 0.6 is 0 Å². The van der Waals surface area contributed by atoms with E-state index in [9.17, 15) is 14.3 Å². The summed E-state index contributed by atoms with van der Waals surface area (Å²) in [6.07, 6.45) is 7.14. The van der Waals surface area contributed by atoms with Gasteiger partial charge in [0.25, 0.3) is 0 Å². The highest BCUT2D eigenvalue weighted by Crippen LogP contribution is 2.32. The number of hydrogen-bond acceptors (Lipinski definition) is 3. The fraction of sp³-hybridized carbons (Fsp3) is 0.276. The predicted molar refractivity (Wildman–Crippen MR) is 133 cm³/mol. The highest BCUT2D eigenvalue weighted by atomic mass is 19.1. The van der Waals surface area contributed by atoms with Crippen LogP contribution in [0.1, 0.15) is 29.5 Å². The van der Waals surface area contributed by atoms with E-state index in [1.807, 2.05) is 37.3 Å². The van der Waals surface area contributed by atoms with E-state index in [4.69, 9.17) is 11.2 Å². The van der Waals surface area contributed by atoms with Crippen molar-refractivity contribution in [3.63, 3.8) is 0 Å². The fourth-order valence-electron chi connectivity index (χ4n) is 4.69. The van der Waals surface area contributed by atoms with E-state index >= 15 is 0 Å². The zero-order valence-corrected chi connectivity index (χ0v) is 19.4. The summed E-state index contributed by atoms with van der Waals surface area (Å²) in [7, 11) is 1.57. The lowest BCUT2D eigenvalue weighted by atomic mass is 9.95. The lowest BCUT2D eigenvalue weighted by molar-refractivity contribution is -0.137. The summed E-state index contributed by atoms with van der Waals surface area (Å²) in [5.74, 6) is 2.38. The van der Waals surface area contributed by atoms with Crippen molar-refractivity contribution in [3.05, 3.63) is 83.2 Å². The first-order valence-corrected chi connectivity index (χ1v) is 11.3. The minimum Gasteiger partial charge on any atom is -0.497 e. The number of nitrogens with zero attached hydrogens (tertiary/aromatic N) is 1. The SMILES string of the molecule is C#CC1CC(CC(=O)O)N(c2ccc(Cc3ccc(-c4cc(OC)ccc4F)cc3C)cc2)C1. The van der Waals surface area contributed by atoms with Crippen molar-refractivity contribution in [2.24, 2.45) is 5.92 Å². The van der Waals surface area contributed by atoms with Crippen LogP contribution in [0.25, 0.3) is 11.1 Å².